The van der Waals surface area contributed by atoms with E-state index in [1.54, 1.807) is 0 Å². The molecule has 0 saturated carbocycles. The number of hydrogen-bond acceptors (Lipinski definition) is 10. The molecule has 2 heterocycles. The largest absolute Gasteiger partial charge is 0.394 e. The van der Waals surface area contributed by atoms with Crippen molar-refractivity contribution in [1.82, 2.24) is 0 Å². The lowest BCUT2D eigenvalue weighted by atomic mass is 9.81. The predicted octanol–water partition coefficient (Wildman–Crippen LogP) is -4.73. The molecule has 0 bridgehead atoms. The van der Waals surface area contributed by atoms with Gasteiger partial charge in [0, 0.05) is 5.92 Å². The molecule has 0 aliphatic carbocycles. The van der Waals surface area contributed by atoms with Gasteiger partial charge in [0.1, 0.15) is 30.5 Å². The fourth-order valence-electron chi connectivity index (χ4n) is 3.11. The van der Waals surface area contributed by atoms with Crippen LogP contribution in [0.1, 0.15) is 6.42 Å². The van der Waals surface area contributed by atoms with Gasteiger partial charge in [-0.1, -0.05) is 0 Å². The summed E-state index contributed by atoms with van der Waals surface area (Å²) in [7, 11) is 0. The number of rotatable bonds is 4. The van der Waals surface area contributed by atoms with Crippen molar-refractivity contribution in [2.45, 2.75) is 61.5 Å². The number of ether oxygens (including phenoxy) is 2. The van der Waals surface area contributed by atoms with Crippen molar-refractivity contribution in [1.29, 1.82) is 0 Å². The first kappa shape index (κ1) is 18.9. The molecular weight excluding hydrogens is 316 g/mol. The van der Waals surface area contributed by atoms with Crippen molar-refractivity contribution in [3.63, 3.8) is 0 Å². The van der Waals surface area contributed by atoms with Gasteiger partial charge in [0.05, 0.1) is 31.5 Å². The Morgan fingerprint density at radius 2 is 1.13 bits per heavy atom. The summed E-state index contributed by atoms with van der Waals surface area (Å²) in [5.41, 5.74) is 0. The minimum Gasteiger partial charge on any atom is -0.394 e. The van der Waals surface area contributed by atoms with E-state index in [2.05, 4.69) is 0 Å². The molecule has 2 aliphatic heterocycles. The molecule has 136 valence electrons. The van der Waals surface area contributed by atoms with Crippen LogP contribution in [-0.2, 0) is 9.47 Å². The number of hydrogen-bond donors (Lipinski definition) is 8. The molecule has 0 aromatic heterocycles. The third kappa shape index (κ3) is 3.66. The van der Waals surface area contributed by atoms with Crippen LogP contribution in [0.25, 0.3) is 0 Å². The van der Waals surface area contributed by atoms with Crippen molar-refractivity contribution in [3.05, 3.63) is 0 Å². The van der Waals surface area contributed by atoms with E-state index in [4.69, 9.17) is 14.6 Å². The summed E-state index contributed by atoms with van der Waals surface area (Å²) in [6, 6.07) is 0. The zero-order chi connectivity index (χ0) is 17.3. The molecule has 0 spiro atoms. The van der Waals surface area contributed by atoms with Crippen LogP contribution in [0.5, 0.6) is 0 Å². The van der Waals surface area contributed by atoms with E-state index in [0.717, 1.165) is 0 Å². The molecule has 10 atom stereocenters. The maximum Gasteiger partial charge on any atom is 0.183 e. The van der Waals surface area contributed by atoms with E-state index in [9.17, 15) is 35.7 Å². The summed E-state index contributed by atoms with van der Waals surface area (Å²) in [6.07, 6.45) is -12.6. The average molecular weight is 340 g/mol. The molecule has 0 aromatic carbocycles. The van der Waals surface area contributed by atoms with E-state index in [-0.39, 0.29) is 6.42 Å². The van der Waals surface area contributed by atoms with Crippen LogP contribution in [0, 0.1) is 5.92 Å². The monoisotopic (exact) mass is 340 g/mol. The quantitative estimate of drug-likeness (QED) is 0.247. The summed E-state index contributed by atoms with van der Waals surface area (Å²) in [6.45, 7) is -1.14. The minimum absolute atomic E-state index is 0.141. The molecule has 2 aliphatic rings. The van der Waals surface area contributed by atoms with Crippen LogP contribution in [0.15, 0.2) is 0 Å². The van der Waals surface area contributed by atoms with Gasteiger partial charge in [-0.15, -0.1) is 0 Å². The van der Waals surface area contributed by atoms with Gasteiger partial charge in [-0.05, 0) is 6.42 Å². The second-order valence-electron chi connectivity index (χ2n) is 6.00. The maximum absolute atomic E-state index is 10.1. The maximum atomic E-state index is 10.1. The Kier molecular flexibility index (Phi) is 6.30. The predicted molar refractivity (Wildman–Crippen MR) is 71.9 cm³/mol. The topological polar surface area (TPSA) is 180 Å². The molecule has 2 saturated heterocycles. The van der Waals surface area contributed by atoms with Crippen molar-refractivity contribution in [3.8, 4) is 0 Å². The number of aliphatic hydroxyl groups excluding tert-OH is 8. The third-order valence-corrected chi connectivity index (χ3v) is 4.55. The third-order valence-electron chi connectivity index (χ3n) is 4.55. The van der Waals surface area contributed by atoms with E-state index < -0.39 is 74.3 Å². The fourth-order valence-corrected chi connectivity index (χ4v) is 3.11. The Balaban J connectivity index is 2.11. The summed E-state index contributed by atoms with van der Waals surface area (Å²) >= 11 is 0. The highest BCUT2D eigenvalue weighted by atomic mass is 16.6. The molecule has 8 N–H and O–H groups in total. The molecule has 10 heteroatoms. The van der Waals surface area contributed by atoms with E-state index in [1.807, 2.05) is 0 Å². The fraction of sp³-hybridized carbons (Fsp3) is 1.00. The Labute approximate surface area is 132 Å². The SMILES string of the molecule is OCC1O[C@H](C[C@@H]2C(CO)O[C@H](O)C(O)C2O)C(O)C(O)[C@@H]1O. The van der Waals surface area contributed by atoms with Crippen LogP contribution >= 0.6 is 0 Å². The highest BCUT2D eigenvalue weighted by Gasteiger charge is 2.49. The van der Waals surface area contributed by atoms with Crippen molar-refractivity contribution in [2.75, 3.05) is 13.2 Å². The first-order valence-corrected chi connectivity index (χ1v) is 7.42. The average Bonchev–Trinajstić information content (AvgIpc) is 2.55. The standard InChI is InChI=1S/C13H24O10/c14-2-6-4(8(16)12(20)13(21)23-6)1-5-9(17)11(19)10(18)7(3-15)22-5/h4-21H,1-3H2/t4-,5-,6?,7?,8?,9?,10-,11?,12?,13+/m1/s1. The molecule has 0 aromatic rings. The zero-order valence-corrected chi connectivity index (χ0v) is 12.3. The zero-order valence-electron chi connectivity index (χ0n) is 12.3. The smallest absolute Gasteiger partial charge is 0.183 e. The van der Waals surface area contributed by atoms with Crippen LogP contribution in [0.4, 0.5) is 0 Å². The van der Waals surface area contributed by atoms with Crippen molar-refractivity contribution < 1.29 is 50.3 Å². The molecule has 10 nitrogen and oxygen atoms in total. The molecule has 23 heavy (non-hydrogen) atoms. The molecule has 0 radical (unpaired) electrons. The summed E-state index contributed by atoms with van der Waals surface area (Å²) < 4.78 is 10.3. The van der Waals surface area contributed by atoms with Gasteiger partial charge >= 0.3 is 0 Å². The lowest BCUT2D eigenvalue weighted by Crippen LogP contribution is -2.61. The van der Waals surface area contributed by atoms with Crippen molar-refractivity contribution >= 4 is 0 Å². The van der Waals surface area contributed by atoms with E-state index in [1.165, 1.54) is 0 Å². The Morgan fingerprint density at radius 1 is 0.565 bits per heavy atom. The first-order valence-electron chi connectivity index (χ1n) is 7.42. The van der Waals surface area contributed by atoms with Crippen LogP contribution in [0.3, 0.4) is 0 Å². The van der Waals surface area contributed by atoms with E-state index in [0.29, 0.717) is 0 Å². The Hall–Kier alpha value is -0.400. The van der Waals surface area contributed by atoms with Gasteiger partial charge in [-0.2, -0.15) is 0 Å². The van der Waals surface area contributed by atoms with Gasteiger partial charge in [0.2, 0.25) is 0 Å². The molecule has 2 fully saturated rings. The molecule has 0 amide bonds. The highest BCUT2D eigenvalue weighted by molar-refractivity contribution is 4.96. The normalized spacial score (nSPS) is 51.7. The van der Waals surface area contributed by atoms with E-state index >= 15 is 0 Å². The lowest BCUT2D eigenvalue weighted by molar-refractivity contribution is -0.286. The van der Waals surface area contributed by atoms with Crippen LogP contribution in [-0.4, -0.2) is 109 Å². The summed E-state index contributed by atoms with van der Waals surface area (Å²) in [4.78, 5) is 0. The molecular formula is C13H24O10. The van der Waals surface area contributed by atoms with Gasteiger partial charge < -0.3 is 50.3 Å². The Bertz CT molecular complexity index is 378. The summed E-state index contributed by atoms with van der Waals surface area (Å²) in [5.74, 6) is -0.903. The first-order chi connectivity index (χ1) is 10.8. The van der Waals surface area contributed by atoms with Gasteiger partial charge in [-0.25, -0.2) is 0 Å². The minimum atomic E-state index is -1.66. The highest BCUT2D eigenvalue weighted by Crippen LogP contribution is 2.33. The van der Waals surface area contributed by atoms with Gasteiger partial charge in [0.15, 0.2) is 6.29 Å². The molecule has 2 rings (SSSR count). The second-order valence-corrected chi connectivity index (χ2v) is 6.00. The van der Waals surface area contributed by atoms with Gasteiger partial charge in [-0.3, -0.25) is 0 Å². The second kappa shape index (κ2) is 7.66. The van der Waals surface area contributed by atoms with Crippen LogP contribution < -0.4 is 0 Å². The Morgan fingerprint density at radius 3 is 1.70 bits per heavy atom. The summed E-state index contributed by atoms with van der Waals surface area (Å²) in [5, 5.41) is 77.1. The number of aliphatic hydroxyl groups is 8. The molecule has 6 unspecified atom stereocenters. The van der Waals surface area contributed by atoms with Gasteiger partial charge in [0.25, 0.3) is 0 Å². The van der Waals surface area contributed by atoms with Crippen LogP contribution in [0.2, 0.25) is 0 Å². The van der Waals surface area contributed by atoms with Crippen molar-refractivity contribution in [2.24, 2.45) is 5.92 Å². The lowest BCUT2D eigenvalue weighted by Gasteiger charge is -2.45.